The normalized spacial score (nSPS) is 19.4. The van der Waals surface area contributed by atoms with Crippen LogP contribution >= 0.6 is 0 Å². The van der Waals surface area contributed by atoms with Crippen molar-refractivity contribution in [2.24, 2.45) is 22.6 Å². The van der Waals surface area contributed by atoms with Gasteiger partial charge in [-0.15, -0.1) is 0 Å². The van der Waals surface area contributed by atoms with E-state index in [4.69, 9.17) is 5.84 Å². The molecular weight excluding hydrogens is 258 g/mol. The molecule has 0 spiro atoms. The van der Waals surface area contributed by atoms with Gasteiger partial charge in [0.15, 0.2) is 0 Å². The van der Waals surface area contributed by atoms with Gasteiger partial charge in [-0.05, 0) is 22.8 Å². The summed E-state index contributed by atoms with van der Waals surface area (Å²) in [5.41, 5.74) is 2.80. The number of nitrogen functional groups attached to an aromatic ring is 1. The van der Waals surface area contributed by atoms with Crippen molar-refractivity contribution >= 4 is 17.3 Å². The lowest BCUT2D eigenvalue weighted by Crippen LogP contribution is -2.14. The van der Waals surface area contributed by atoms with Gasteiger partial charge in [0.2, 0.25) is 5.82 Å². The number of pyridine rings is 1. The minimum atomic E-state index is -0.446. The third-order valence-electron chi connectivity index (χ3n) is 5.01. The monoisotopic (exact) mass is 279 g/mol. The van der Waals surface area contributed by atoms with Gasteiger partial charge in [0, 0.05) is 12.6 Å². The van der Waals surface area contributed by atoms with Crippen LogP contribution in [0.25, 0.3) is 0 Å². The lowest BCUT2D eigenvalue weighted by Gasteiger charge is -2.09. The summed E-state index contributed by atoms with van der Waals surface area (Å²) in [7, 11) is 0. The number of nitrogens with zero attached hydrogens (tertiary/aromatic N) is 2. The molecule has 4 N–H and O–H groups in total. The van der Waals surface area contributed by atoms with Crippen molar-refractivity contribution in [2.75, 3.05) is 17.3 Å². The average molecular weight is 279 g/mol. The molecule has 0 aliphatic heterocycles. The zero-order valence-corrected chi connectivity index (χ0v) is 12.2. The van der Waals surface area contributed by atoms with Crippen molar-refractivity contribution in [1.82, 2.24) is 4.98 Å². The van der Waals surface area contributed by atoms with Crippen molar-refractivity contribution in [3.8, 4) is 0 Å². The lowest BCUT2D eigenvalue weighted by atomic mass is 10.0. The van der Waals surface area contributed by atoms with Gasteiger partial charge in [0.25, 0.3) is 0 Å². The van der Waals surface area contributed by atoms with Gasteiger partial charge < -0.3 is 10.7 Å². The van der Waals surface area contributed by atoms with E-state index in [1.54, 1.807) is 0 Å². The first-order chi connectivity index (χ1) is 9.21. The van der Waals surface area contributed by atoms with Crippen LogP contribution in [0.2, 0.25) is 0 Å². The molecule has 1 aliphatic carbocycles. The van der Waals surface area contributed by atoms with E-state index >= 15 is 0 Å². The number of nitrogens with one attached hydrogen (secondary N) is 2. The number of anilines is 2. The van der Waals surface area contributed by atoms with Crippen LogP contribution in [0.15, 0.2) is 12.1 Å². The first-order valence-electron chi connectivity index (χ1n) is 6.57. The van der Waals surface area contributed by atoms with E-state index in [2.05, 4.69) is 43.4 Å². The Morgan fingerprint density at radius 3 is 2.40 bits per heavy atom. The molecule has 1 aromatic heterocycles. The molecule has 2 rings (SSSR count). The minimum Gasteiger partial charge on any atom is -0.364 e. The van der Waals surface area contributed by atoms with Gasteiger partial charge >= 0.3 is 5.69 Å². The zero-order valence-electron chi connectivity index (χ0n) is 12.2. The summed E-state index contributed by atoms with van der Waals surface area (Å²) in [5, 5.41) is 14.1. The van der Waals surface area contributed by atoms with E-state index in [-0.39, 0.29) is 22.3 Å². The van der Waals surface area contributed by atoms with Crippen molar-refractivity contribution in [2.45, 2.75) is 27.7 Å². The number of aromatic nitrogens is 1. The van der Waals surface area contributed by atoms with Gasteiger partial charge in [0.1, 0.15) is 5.82 Å². The summed E-state index contributed by atoms with van der Waals surface area (Å²) in [5.74, 6) is 6.39. The maximum atomic E-state index is 11.0. The Bertz CT molecular complexity index is 528. The molecule has 0 bridgehead atoms. The zero-order chi connectivity index (χ0) is 15.1. The Hall–Kier alpha value is -1.89. The third kappa shape index (κ3) is 2.18. The maximum Gasteiger partial charge on any atom is 0.311 e. The SMILES string of the molecule is CC1(C)C(CNc2nc(NN)ccc2[N+](=O)[O-])C1(C)C. The highest BCUT2D eigenvalue weighted by atomic mass is 16.6. The van der Waals surface area contributed by atoms with Crippen LogP contribution < -0.4 is 16.6 Å². The molecule has 1 fully saturated rings. The Balaban J connectivity index is 2.15. The highest BCUT2D eigenvalue weighted by Gasteiger charge is 2.64. The van der Waals surface area contributed by atoms with E-state index in [1.165, 1.54) is 12.1 Å². The molecule has 1 aromatic rings. The van der Waals surface area contributed by atoms with Crippen LogP contribution in [0.5, 0.6) is 0 Å². The van der Waals surface area contributed by atoms with Gasteiger partial charge in [-0.2, -0.15) is 0 Å². The quantitative estimate of drug-likeness (QED) is 0.434. The Morgan fingerprint density at radius 1 is 1.35 bits per heavy atom. The van der Waals surface area contributed by atoms with Crippen LogP contribution in [-0.4, -0.2) is 16.5 Å². The Kier molecular flexibility index (Phi) is 3.33. The predicted octanol–water partition coefficient (Wildman–Crippen LogP) is 2.37. The summed E-state index contributed by atoms with van der Waals surface area (Å²) in [6.45, 7) is 9.48. The molecular formula is C13H21N5O2. The molecule has 0 radical (unpaired) electrons. The van der Waals surface area contributed by atoms with Crippen LogP contribution in [-0.2, 0) is 0 Å². The third-order valence-corrected chi connectivity index (χ3v) is 5.01. The van der Waals surface area contributed by atoms with Gasteiger partial charge in [-0.1, -0.05) is 27.7 Å². The van der Waals surface area contributed by atoms with E-state index in [9.17, 15) is 10.1 Å². The van der Waals surface area contributed by atoms with Crippen molar-refractivity contribution in [3.05, 3.63) is 22.2 Å². The fraction of sp³-hybridized carbons (Fsp3) is 0.615. The topological polar surface area (TPSA) is 106 Å². The summed E-state index contributed by atoms with van der Waals surface area (Å²) in [6.07, 6.45) is 0. The number of hydrazine groups is 1. The second kappa shape index (κ2) is 4.59. The standard InChI is InChI=1S/C13H21N5O2/c1-12(2)9(13(12,3)4)7-15-11-8(18(19)20)5-6-10(16-11)17-14/h5-6,9H,7,14H2,1-4H3,(H2,15,16,17). The molecule has 0 aromatic carbocycles. The number of nitro groups is 1. The number of nitrogens with two attached hydrogens (primary N) is 1. The average Bonchev–Trinajstić information content (AvgIpc) is 2.76. The molecule has 7 nitrogen and oxygen atoms in total. The van der Waals surface area contributed by atoms with Gasteiger partial charge in [-0.3, -0.25) is 10.1 Å². The fourth-order valence-electron chi connectivity index (χ4n) is 2.85. The molecule has 0 unspecified atom stereocenters. The van der Waals surface area contributed by atoms with Crippen LogP contribution in [0.4, 0.5) is 17.3 Å². The second-order valence-corrected chi connectivity index (χ2v) is 6.34. The number of hydrogen-bond acceptors (Lipinski definition) is 6. The van der Waals surface area contributed by atoms with Crippen molar-refractivity contribution in [1.29, 1.82) is 0 Å². The van der Waals surface area contributed by atoms with Gasteiger partial charge in [-0.25, -0.2) is 10.8 Å². The lowest BCUT2D eigenvalue weighted by molar-refractivity contribution is -0.384. The van der Waals surface area contributed by atoms with E-state index in [0.29, 0.717) is 18.3 Å². The van der Waals surface area contributed by atoms with E-state index in [1.807, 2.05) is 0 Å². The predicted molar refractivity (Wildman–Crippen MR) is 78.2 cm³/mol. The van der Waals surface area contributed by atoms with E-state index < -0.39 is 4.92 Å². The molecule has 7 heteroatoms. The van der Waals surface area contributed by atoms with E-state index in [0.717, 1.165) is 0 Å². The molecule has 110 valence electrons. The number of hydrogen-bond donors (Lipinski definition) is 3. The summed E-state index contributed by atoms with van der Waals surface area (Å²) in [6, 6.07) is 2.88. The fourth-order valence-corrected chi connectivity index (χ4v) is 2.85. The summed E-state index contributed by atoms with van der Waals surface area (Å²) in [4.78, 5) is 14.7. The summed E-state index contributed by atoms with van der Waals surface area (Å²) >= 11 is 0. The first kappa shape index (κ1) is 14.5. The molecule has 1 aliphatic rings. The largest absolute Gasteiger partial charge is 0.364 e. The number of rotatable bonds is 5. The van der Waals surface area contributed by atoms with Crippen molar-refractivity contribution in [3.63, 3.8) is 0 Å². The van der Waals surface area contributed by atoms with Crippen molar-refractivity contribution < 1.29 is 4.92 Å². The Labute approximate surface area is 118 Å². The highest BCUT2D eigenvalue weighted by molar-refractivity contribution is 5.60. The first-order valence-corrected chi connectivity index (χ1v) is 6.57. The molecule has 20 heavy (non-hydrogen) atoms. The maximum absolute atomic E-state index is 11.0. The smallest absolute Gasteiger partial charge is 0.311 e. The second-order valence-electron chi connectivity index (χ2n) is 6.34. The molecule has 0 atom stereocenters. The molecule has 1 heterocycles. The van der Waals surface area contributed by atoms with Crippen LogP contribution in [0, 0.1) is 26.9 Å². The molecule has 1 saturated carbocycles. The van der Waals surface area contributed by atoms with Crippen LogP contribution in [0.1, 0.15) is 27.7 Å². The van der Waals surface area contributed by atoms with Crippen LogP contribution in [0.3, 0.4) is 0 Å². The van der Waals surface area contributed by atoms with Gasteiger partial charge in [0.05, 0.1) is 4.92 Å². The molecule has 0 saturated heterocycles. The Morgan fingerprint density at radius 2 is 1.95 bits per heavy atom. The minimum absolute atomic E-state index is 0.0414. The highest BCUT2D eigenvalue weighted by Crippen LogP contribution is 2.68. The summed E-state index contributed by atoms with van der Waals surface area (Å²) < 4.78 is 0. The molecule has 0 amide bonds.